The molecule has 1 saturated carbocycles. The first-order valence-corrected chi connectivity index (χ1v) is 5.33. The van der Waals surface area contributed by atoms with Crippen molar-refractivity contribution in [3.63, 3.8) is 0 Å². The van der Waals surface area contributed by atoms with E-state index in [4.69, 9.17) is 5.26 Å². The molecule has 1 aliphatic rings. The molecular formula is C11H18N2O. The minimum absolute atomic E-state index is 0.258. The minimum Gasteiger partial charge on any atom is -0.399 e. The predicted octanol–water partition coefficient (Wildman–Crippen LogP) is 2.73. The van der Waals surface area contributed by atoms with Crippen LogP contribution in [-0.2, 0) is 4.84 Å². The summed E-state index contributed by atoms with van der Waals surface area (Å²) in [6.45, 7) is 0. The van der Waals surface area contributed by atoms with Crippen LogP contribution in [0.3, 0.4) is 0 Å². The van der Waals surface area contributed by atoms with Crippen LogP contribution in [0.5, 0.6) is 0 Å². The van der Waals surface area contributed by atoms with Crippen molar-refractivity contribution < 1.29 is 4.84 Å². The SMILES string of the molecule is CON=CC1CCCCC(C#N)CC1. The smallest absolute Gasteiger partial charge is 0.106 e. The second kappa shape index (κ2) is 6.42. The van der Waals surface area contributed by atoms with Crippen molar-refractivity contribution in [2.45, 2.75) is 38.5 Å². The molecule has 0 amide bonds. The second-order valence-electron chi connectivity index (χ2n) is 3.88. The van der Waals surface area contributed by atoms with E-state index < -0.39 is 0 Å². The molecule has 1 rings (SSSR count). The summed E-state index contributed by atoms with van der Waals surface area (Å²) in [5, 5.41) is 12.7. The van der Waals surface area contributed by atoms with Gasteiger partial charge in [0.05, 0.1) is 6.07 Å². The van der Waals surface area contributed by atoms with Gasteiger partial charge in [-0.25, -0.2) is 0 Å². The molecule has 0 saturated heterocycles. The van der Waals surface area contributed by atoms with Gasteiger partial charge >= 0.3 is 0 Å². The molecule has 0 bridgehead atoms. The fourth-order valence-electron chi connectivity index (χ4n) is 1.93. The maximum atomic E-state index is 8.86. The van der Waals surface area contributed by atoms with E-state index in [9.17, 15) is 0 Å². The van der Waals surface area contributed by atoms with Crippen LogP contribution in [0.15, 0.2) is 5.16 Å². The molecule has 3 nitrogen and oxygen atoms in total. The van der Waals surface area contributed by atoms with Crippen LogP contribution in [0, 0.1) is 23.2 Å². The lowest BCUT2D eigenvalue weighted by Crippen LogP contribution is -2.10. The average Bonchev–Trinajstić information content (AvgIpc) is 2.17. The highest BCUT2D eigenvalue weighted by Crippen LogP contribution is 2.24. The molecule has 0 spiro atoms. The fraction of sp³-hybridized carbons (Fsp3) is 0.818. The summed E-state index contributed by atoms with van der Waals surface area (Å²) in [5.41, 5.74) is 0. The summed E-state index contributed by atoms with van der Waals surface area (Å²) in [6.07, 6.45) is 8.62. The molecule has 2 unspecified atom stereocenters. The Hall–Kier alpha value is -1.04. The Morgan fingerprint density at radius 3 is 2.79 bits per heavy atom. The summed E-state index contributed by atoms with van der Waals surface area (Å²) in [7, 11) is 1.57. The molecule has 0 radical (unpaired) electrons. The first-order chi connectivity index (χ1) is 6.86. The fourth-order valence-corrected chi connectivity index (χ4v) is 1.93. The van der Waals surface area contributed by atoms with Crippen LogP contribution in [0.1, 0.15) is 38.5 Å². The predicted molar refractivity (Wildman–Crippen MR) is 55.8 cm³/mol. The van der Waals surface area contributed by atoms with Crippen molar-refractivity contribution >= 4 is 6.21 Å². The van der Waals surface area contributed by atoms with E-state index in [1.807, 2.05) is 6.21 Å². The van der Waals surface area contributed by atoms with Gasteiger partial charge in [0.1, 0.15) is 7.11 Å². The zero-order valence-corrected chi connectivity index (χ0v) is 8.78. The van der Waals surface area contributed by atoms with Gasteiger partial charge in [0.25, 0.3) is 0 Å². The van der Waals surface area contributed by atoms with Crippen LogP contribution in [-0.4, -0.2) is 13.3 Å². The maximum Gasteiger partial charge on any atom is 0.106 e. The Morgan fingerprint density at radius 1 is 1.29 bits per heavy atom. The molecule has 0 N–H and O–H groups in total. The molecule has 78 valence electrons. The van der Waals surface area contributed by atoms with E-state index in [2.05, 4.69) is 16.1 Å². The standard InChI is InChI=1S/C11H18N2O/c1-14-13-9-11-5-3-2-4-10(8-12)6-7-11/h9-11H,2-7H2,1H3. The molecule has 3 heteroatoms. The van der Waals surface area contributed by atoms with E-state index in [0.717, 1.165) is 19.3 Å². The molecule has 1 fully saturated rings. The lowest BCUT2D eigenvalue weighted by Gasteiger charge is -2.18. The van der Waals surface area contributed by atoms with Gasteiger partial charge in [0.15, 0.2) is 0 Å². The normalized spacial score (nSPS) is 29.1. The van der Waals surface area contributed by atoms with Crippen LogP contribution in [0.4, 0.5) is 0 Å². The van der Waals surface area contributed by atoms with Gasteiger partial charge in [-0.05, 0) is 31.6 Å². The van der Waals surface area contributed by atoms with Crippen molar-refractivity contribution in [2.75, 3.05) is 7.11 Å². The molecule has 0 aromatic rings. The van der Waals surface area contributed by atoms with E-state index in [-0.39, 0.29) is 5.92 Å². The maximum absolute atomic E-state index is 8.86. The van der Waals surface area contributed by atoms with E-state index in [1.165, 1.54) is 19.3 Å². The summed E-state index contributed by atoms with van der Waals surface area (Å²) in [4.78, 5) is 4.67. The first kappa shape index (κ1) is 11.0. The van der Waals surface area contributed by atoms with Gasteiger partial charge in [0.2, 0.25) is 0 Å². The van der Waals surface area contributed by atoms with Gasteiger partial charge in [-0.15, -0.1) is 0 Å². The van der Waals surface area contributed by atoms with E-state index in [1.54, 1.807) is 7.11 Å². The molecule has 0 aliphatic heterocycles. The summed E-state index contributed by atoms with van der Waals surface area (Å²) in [6, 6.07) is 2.37. The van der Waals surface area contributed by atoms with Crippen LogP contribution in [0.2, 0.25) is 0 Å². The molecule has 0 heterocycles. The number of hydrogen-bond donors (Lipinski definition) is 0. The zero-order valence-electron chi connectivity index (χ0n) is 8.78. The van der Waals surface area contributed by atoms with Crippen molar-refractivity contribution in [3.8, 4) is 6.07 Å². The lowest BCUT2D eigenvalue weighted by molar-refractivity contribution is 0.212. The third kappa shape index (κ3) is 3.78. The Morgan fingerprint density at radius 2 is 2.07 bits per heavy atom. The van der Waals surface area contributed by atoms with Gasteiger partial charge in [0, 0.05) is 12.1 Å². The zero-order chi connectivity index (χ0) is 10.2. The molecule has 14 heavy (non-hydrogen) atoms. The van der Waals surface area contributed by atoms with E-state index in [0.29, 0.717) is 5.92 Å². The largest absolute Gasteiger partial charge is 0.399 e. The van der Waals surface area contributed by atoms with Crippen molar-refractivity contribution in [3.05, 3.63) is 0 Å². The highest BCUT2D eigenvalue weighted by atomic mass is 16.6. The number of hydrogen-bond acceptors (Lipinski definition) is 3. The molecule has 2 atom stereocenters. The summed E-state index contributed by atoms with van der Waals surface area (Å²) < 4.78 is 0. The minimum atomic E-state index is 0.258. The topological polar surface area (TPSA) is 45.4 Å². The van der Waals surface area contributed by atoms with Gasteiger partial charge in [-0.1, -0.05) is 18.0 Å². The van der Waals surface area contributed by atoms with Gasteiger partial charge < -0.3 is 4.84 Å². The Kier molecular flexibility index (Phi) is 5.06. The highest BCUT2D eigenvalue weighted by molar-refractivity contribution is 5.59. The molecular weight excluding hydrogens is 176 g/mol. The Balaban J connectivity index is 2.39. The van der Waals surface area contributed by atoms with E-state index >= 15 is 0 Å². The monoisotopic (exact) mass is 194 g/mol. The van der Waals surface area contributed by atoms with Crippen LogP contribution < -0.4 is 0 Å². The summed E-state index contributed by atoms with van der Waals surface area (Å²) in [5.74, 6) is 0.764. The van der Waals surface area contributed by atoms with Gasteiger partial charge in [-0.2, -0.15) is 5.26 Å². The van der Waals surface area contributed by atoms with Crippen LogP contribution >= 0.6 is 0 Å². The third-order valence-corrected chi connectivity index (χ3v) is 2.82. The highest BCUT2D eigenvalue weighted by Gasteiger charge is 2.15. The third-order valence-electron chi connectivity index (χ3n) is 2.82. The van der Waals surface area contributed by atoms with Crippen molar-refractivity contribution in [2.24, 2.45) is 17.0 Å². The molecule has 0 aromatic carbocycles. The Bertz CT molecular complexity index is 220. The average molecular weight is 194 g/mol. The molecule has 1 aliphatic carbocycles. The second-order valence-corrected chi connectivity index (χ2v) is 3.88. The number of nitriles is 1. The number of oxime groups is 1. The van der Waals surface area contributed by atoms with Crippen molar-refractivity contribution in [1.29, 1.82) is 5.26 Å². The lowest BCUT2D eigenvalue weighted by atomic mass is 9.87. The molecule has 0 aromatic heterocycles. The first-order valence-electron chi connectivity index (χ1n) is 5.33. The quantitative estimate of drug-likeness (QED) is 0.501. The van der Waals surface area contributed by atoms with Crippen LogP contribution in [0.25, 0.3) is 0 Å². The Labute approximate surface area is 85.7 Å². The number of rotatable bonds is 2. The summed E-state index contributed by atoms with van der Waals surface area (Å²) >= 11 is 0. The van der Waals surface area contributed by atoms with Crippen molar-refractivity contribution in [1.82, 2.24) is 0 Å². The van der Waals surface area contributed by atoms with Gasteiger partial charge in [-0.3, -0.25) is 0 Å². The number of nitrogens with zero attached hydrogens (tertiary/aromatic N) is 2.